The molecule has 0 saturated heterocycles. The second-order valence-corrected chi connectivity index (χ2v) is 5.82. The summed E-state index contributed by atoms with van der Waals surface area (Å²) in [6.45, 7) is 1.57. The van der Waals surface area contributed by atoms with Crippen LogP contribution in [0.3, 0.4) is 0 Å². The quantitative estimate of drug-likeness (QED) is 0.445. The van der Waals surface area contributed by atoms with E-state index >= 15 is 0 Å². The zero-order chi connectivity index (χ0) is 17.3. The number of anilines is 3. The van der Waals surface area contributed by atoms with E-state index in [1.807, 2.05) is 6.07 Å². The molecule has 0 aromatic heterocycles. The third kappa shape index (κ3) is 3.27. The summed E-state index contributed by atoms with van der Waals surface area (Å²) in [5.41, 5.74) is 6.29. The third-order valence-electron chi connectivity index (χ3n) is 3.13. The van der Waals surface area contributed by atoms with Crippen molar-refractivity contribution in [1.29, 1.82) is 5.26 Å². The van der Waals surface area contributed by atoms with Crippen molar-refractivity contribution in [3.05, 3.63) is 54.5 Å². The van der Waals surface area contributed by atoms with E-state index in [1.54, 1.807) is 6.92 Å². The van der Waals surface area contributed by atoms with Gasteiger partial charge in [-0.3, -0.25) is 10.1 Å². The Morgan fingerprint density at radius 1 is 1.26 bits per heavy atom. The minimum atomic E-state index is -0.599. The molecule has 2 aromatic carbocycles. The Morgan fingerprint density at radius 2 is 1.91 bits per heavy atom. The molecular formula is C14H9Cl3N4O2. The summed E-state index contributed by atoms with van der Waals surface area (Å²) < 4.78 is 0. The summed E-state index contributed by atoms with van der Waals surface area (Å²) in [5.74, 6) is 0. The monoisotopic (exact) mass is 370 g/mol. The topological polar surface area (TPSA) is 105 Å². The molecule has 0 unspecified atom stereocenters. The van der Waals surface area contributed by atoms with Crippen LogP contribution in [-0.4, -0.2) is 4.92 Å². The van der Waals surface area contributed by atoms with E-state index in [1.165, 1.54) is 12.1 Å². The number of nitro benzene ring substituents is 1. The first-order valence-corrected chi connectivity index (χ1v) is 7.28. The third-order valence-corrected chi connectivity index (χ3v) is 4.15. The lowest BCUT2D eigenvalue weighted by molar-refractivity contribution is -0.383. The second kappa shape index (κ2) is 6.50. The summed E-state index contributed by atoms with van der Waals surface area (Å²) >= 11 is 18.0. The SMILES string of the molecule is Cc1c(Cl)c(N)cc([N+](=O)[O-])c1Nc1c(Cl)cc(Cl)cc1C#N. The fourth-order valence-electron chi connectivity index (χ4n) is 2.02. The van der Waals surface area contributed by atoms with E-state index < -0.39 is 4.92 Å². The van der Waals surface area contributed by atoms with Crippen molar-refractivity contribution in [3.8, 4) is 6.07 Å². The largest absolute Gasteiger partial charge is 0.397 e. The molecule has 3 N–H and O–H groups in total. The van der Waals surface area contributed by atoms with Crippen molar-refractivity contribution < 1.29 is 4.92 Å². The molecular weight excluding hydrogens is 363 g/mol. The van der Waals surface area contributed by atoms with Crippen LogP contribution in [0, 0.1) is 28.4 Å². The zero-order valence-electron chi connectivity index (χ0n) is 11.7. The molecule has 0 fully saturated rings. The van der Waals surface area contributed by atoms with Gasteiger partial charge in [0.15, 0.2) is 0 Å². The lowest BCUT2D eigenvalue weighted by Gasteiger charge is -2.15. The summed E-state index contributed by atoms with van der Waals surface area (Å²) in [4.78, 5) is 10.7. The van der Waals surface area contributed by atoms with Gasteiger partial charge in [0, 0.05) is 16.7 Å². The summed E-state index contributed by atoms with van der Waals surface area (Å²) in [6.07, 6.45) is 0. The predicted molar refractivity (Wildman–Crippen MR) is 91.7 cm³/mol. The van der Waals surface area contributed by atoms with Gasteiger partial charge in [-0.25, -0.2) is 0 Å². The summed E-state index contributed by atoms with van der Waals surface area (Å²) in [5, 5.41) is 23.9. The van der Waals surface area contributed by atoms with Gasteiger partial charge in [-0.05, 0) is 19.1 Å². The Kier molecular flexibility index (Phi) is 4.85. The van der Waals surface area contributed by atoms with Gasteiger partial charge in [0.25, 0.3) is 5.69 Å². The van der Waals surface area contributed by atoms with Gasteiger partial charge in [-0.2, -0.15) is 5.26 Å². The number of nitrogens with zero attached hydrogens (tertiary/aromatic N) is 2. The number of hydrogen-bond donors (Lipinski definition) is 2. The van der Waals surface area contributed by atoms with E-state index in [0.29, 0.717) is 5.56 Å². The smallest absolute Gasteiger partial charge is 0.295 e. The maximum Gasteiger partial charge on any atom is 0.295 e. The van der Waals surface area contributed by atoms with Crippen LogP contribution < -0.4 is 11.1 Å². The van der Waals surface area contributed by atoms with E-state index in [9.17, 15) is 15.4 Å². The van der Waals surface area contributed by atoms with Crippen molar-refractivity contribution in [3.63, 3.8) is 0 Å². The lowest BCUT2D eigenvalue weighted by Crippen LogP contribution is -2.04. The molecule has 0 amide bonds. The van der Waals surface area contributed by atoms with Crippen LogP contribution in [0.15, 0.2) is 18.2 Å². The molecule has 0 spiro atoms. The molecule has 0 aliphatic carbocycles. The number of nitriles is 1. The van der Waals surface area contributed by atoms with Gasteiger partial charge in [0.05, 0.1) is 31.9 Å². The van der Waals surface area contributed by atoms with Crippen molar-refractivity contribution in [1.82, 2.24) is 0 Å². The molecule has 0 bridgehead atoms. The minimum Gasteiger partial charge on any atom is -0.397 e. The van der Waals surface area contributed by atoms with Gasteiger partial charge >= 0.3 is 0 Å². The molecule has 0 atom stereocenters. The number of benzene rings is 2. The molecule has 0 radical (unpaired) electrons. The van der Waals surface area contributed by atoms with Crippen LogP contribution in [0.1, 0.15) is 11.1 Å². The Hall–Kier alpha value is -2.20. The van der Waals surface area contributed by atoms with Crippen molar-refractivity contribution in [2.45, 2.75) is 6.92 Å². The second-order valence-electron chi connectivity index (χ2n) is 4.60. The van der Waals surface area contributed by atoms with E-state index in [-0.39, 0.29) is 43.4 Å². The number of nitrogen functional groups attached to an aromatic ring is 1. The van der Waals surface area contributed by atoms with E-state index in [4.69, 9.17) is 40.5 Å². The molecule has 23 heavy (non-hydrogen) atoms. The molecule has 0 aliphatic heterocycles. The van der Waals surface area contributed by atoms with Crippen molar-refractivity contribution in [2.75, 3.05) is 11.1 Å². The number of halogens is 3. The highest BCUT2D eigenvalue weighted by Crippen LogP contribution is 2.41. The molecule has 2 aromatic rings. The van der Waals surface area contributed by atoms with Crippen LogP contribution in [0.25, 0.3) is 0 Å². The van der Waals surface area contributed by atoms with Crippen molar-refractivity contribution in [2.24, 2.45) is 0 Å². The highest BCUT2D eigenvalue weighted by Gasteiger charge is 2.22. The highest BCUT2D eigenvalue weighted by atomic mass is 35.5. The van der Waals surface area contributed by atoms with Gasteiger partial charge in [0.2, 0.25) is 0 Å². The zero-order valence-corrected chi connectivity index (χ0v) is 13.9. The fourth-order valence-corrected chi connectivity index (χ4v) is 2.71. The van der Waals surface area contributed by atoms with Gasteiger partial charge in [-0.15, -0.1) is 0 Å². The van der Waals surface area contributed by atoms with Gasteiger partial charge < -0.3 is 11.1 Å². The number of nitrogens with two attached hydrogens (primary N) is 1. The number of nitrogens with one attached hydrogen (secondary N) is 1. The number of nitro groups is 1. The predicted octanol–water partition coefficient (Wildman–Crippen LogP) is 5.06. The van der Waals surface area contributed by atoms with E-state index in [2.05, 4.69) is 5.32 Å². The molecule has 2 rings (SSSR count). The molecule has 0 saturated carbocycles. The first-order valence-electron chi connectivity index (χ1n) is 6.15. The average Bonchev–Trinajstić information content (AvgIpc) is 2.48. The van der Waals surface area contributed by atoms with Crippen LogP contribution in [0.5, 0.6) is 0 Å². The first-order chi connectivity index (χ1) is 10.8. The van der Waals surface area contributed by atoms with Crippen LogP contribution in [-0.2, 0) is 0 Å². The molecule has 9 heteroatoms. The molecule has 118 valence electrons. The van der Waals surface area contributed by atoms with Crippen LogP contribution >= 0.6 is 34.8 Å². The molecule has 0 aliphatic rings. The van der Waals surface area contributed by atoms with E-state index in [0.717, 1.165) is 6.07 Å². The lowest BCUT2D eigenvalue weighted by atomic mass is 10.1. The Bertz CT molecular complexity index is 862. The number of hydrogen-bond acceptors (Lipinski definition) is 5. The normalized spacial score (nSPS) is 10.2. The standard InChI is InChI=1S/C14H9Cl3N4O2/c1-6-12(17)10(19)4-11(21(22)23)13(6)20-14-7(5-18)2-8(15)3-9(14)16/h2-4,20H,19H2,1H3. The Balaban J connectivity index is 2.69. The van der Waals surface area contributed by atoms with Crippen molar-refractivity contribution >= 4 is 57.6 Å². The molecule has 0 heterocycles. The molecule has 6 nitrogen and oxygen atoms in total. The van der Waals surface area contributed by atoms with Gasteiger partial charge in [-0.1, -0.05) is 34.8 Å². The maximum atomic E-state index is 11.3. The fraction of sp³-hybridized carbons (Fsp3) is 0.0714. The minimum absolute atomic E-state index is 0.0872. The average molecular weight is 372 g/mol. The Morgan fingerprint density at radius 3 is 2.48 bits per heavy atom. The Labute approximate surface area is 146 Å². The van der Waals surface area contributed by atoms with Crippen LogP contribution in [0.2, 0.25) is 15.1 Å². The number of rotatable bonds is 3. The van der Waals surface area contributed by atoms with Crippen LogP contribution in [0.4, 0.5) is 22.7 Å². The highest BCUT2D eigenvalue weighted by molar-refractivity contribution is 6.37. The summed E-state index contributed by atoms with van der Waals surface area (Å²) in [6, 6.07) is 5.90. The summed E-state index contributed by atoms with van der Waals surface area (Å²) in [7, 11) is 0. The van der Waals surface area contributed by atoms with Gasteiger partial charge in [0.1, 0.15) is 11.8 Å². The first kappa shape index (κ1) is 17.2. The maximum absolute atomic E-state index is 11.3.